The van der Waals surface area contributed by atoms with Crippen LogP contribution in [-0.2, 0) is 16.0 Å². The number of aliphatic imine (C=N–C) groups is 1. The van der Waals surface area contributed by atoms with E-state index in [0.717, 1.165) is 81.6 Å². The average Bonchev–Trinajstić information content (AvgIpc) is 2.81. The van der Waals surface area contributed by atoms with Crippen molar-refractivity contribution in [2.75, 3.05) is 39.5 Å². The Labute approximate surface area is 180 Å². The molecule has 0 atom stereocenters. The van der Waals surface area contributed by atoms with Gasteiger partial charge in [0.05, 0.1) is 12.2 Å². The fraction of sp³-hybridized carbons (Fsp3) is 0.500. The molecule has 162 valence electrons. The molecule has 6 heteroatoms. The highest BCUT2D eigenvalue weighted by molar-refractivity contribution is 5.79. The zero-order chi connectivity index (χ0) is 20.9. The van der Waals surface area contributed by atoms with E-state index in [1.807, 2.05) is 24.4 Å². The van der Waals surface area contributed by atoms with Crippen molar-refractivity contribution in [1.29, 1.82) is 0 Å². The summed E-state index contributed by atoms with van der Waals surface area (Å²) in [5.74, 6) is 1.50. The van der Waals surface area contributed by atoms with E-state index >= 15 is 0 Å². The molecule has 1 aliphatic rings. The Morgan fingerprint density at radius 3 is 2.87 bits per heavy atom. The van der Waals surface area contributed by atoms with Crippen LogP contribution in [0.25, 0.3) is 11.3 Å². The monoisotopic (exact) mass is 410 g/mol. The van der Waals surface area contributed by atoms with Gasteiger partial charge in [-0.05, 0) is 55.9 Å². The summed E-state index contributed by atoms with van der Waals surface area (Å²) in [5.41, 5.74) is 3.26. The second-order valence-electron chi connectivity index (χ2n) is 7.52. The largest absolute Gasteiger partial charge is 0.381 e. The minimum absolute atomic E-state index is 0.621. The van der Waals surface area contributed by atoms with Crippen molar-refractivity contribution in [2.24, 2.45) is 10.9 Å². The number of benzene rings is 1. The Balaban J connectivity index is 1.41. The van der Waals surface area contributed by atoms with Crippen molar-refractivity contribution in [3.05, 3.63) is 54.2 Å². The number of guanidine groups is 1. The van der Waals surface area contributed by atoms with Crippen molar-refractivity contribution in [3.63, 3.8) is 0 Å². The van der Waals surface area contributed by atoms with Crippen molar-refractivity contribution < 1.29 is 9.47 Å². The normalized spacial score (nSPS) is 15.2. The molecule has 30 heavy (non-hydrogen) atoms. The summed E-state index contributed by atoms with van der Waals surface area (Å²) in [6.45, 7) is 7.76. The summed E-state index contributed by atoms with van der Waals surface area (Å²) in [4.78, 5) is 9.16. The second-order valence-corrected chi connectivity index (χ2v) is 7.52. The highest BCUT2D eigenvalue weighted by Crippen LogP contribution is 2.18. The molecule has 0 amide bonds. The molecule has 2 N–H and O–H groups in total. The highest BCUT2D eigenvalue weighted by Gasteiger charge is 2.13. The third kappa shape index (κ3) is 7.76. The number of nitrogens with zero attached hydrogens (tertiary/aromatic N) is 2. The first kappa shape index (κ1) is 22.2. The molecular formula is C24H34N4O2. The summed E-state index contributed by atoms with van der Waals surface area (Å²) in [7, 11) is 0. The zero-order valence-corrected chi connectivity index (χ0v) is 18.0. The Hall–Kier alpha value is -2.44. The molecule has 1 aliphatic heterocycles. The van der Waals surface area contributed by atoms with E-state index in [0.29, 0.717) is 12.5 Å². The fourth-order valence-corrected chi connectivity index (χ4v) is 3.42. The van der Waals surface area contributed by atoms with Gasteiger partial charge in [0.15, 0.2) is 5.96 Å². The van der Waals surface area contributed by atoms with Crippen molar-refractivity contribution in [1.82, 2.24) is 15.6 Å². The maximum absolute atomic E-state index is 5.84. The molecule has 0 unspecified atom stereocenters. The van der Waals surface area contributed by atoms with Gasteiger partial charge in [0.2, 0.25) is 0 Å². The van der Waals surface area contributed by atoms with Gasteiger partial charge in [-0.3, -0.25) is 4.98 Å². The van der Waals surface area contributed by atoms with Gasteiger partial charge >= 0.3 is 0 Å². The summed E-state index contributed by atoms with van der Waals surface area (Å²) >= 11 is 0. The number of ether oxygens (including phenoxy) is 2. The van der Waals surface area contributed by atoms with E-state index in [1.54, 1.807) is 0 Å². The van der Waals surface area contributed by atoms with Crippen molar-refractivity contribution in [2.45, 2.75) is 32.7 Å². The molecule has 1 aromatic heterocycles. The van der Waals surface area contributed by atoms with Crippen molar-refractivity contribution >= 4 is 5.96 Å². The maximum atomic E-state index is 5.84. The molecule has 0 aliphatic carbocycles. The lowest BCUT2D eigenvalue weighted by Gasteiger charge is -2.21. The smallest absolute Gasteiger partial charge is 0.191 e. The molecule has 2 heterocycles. The van der Waals surface area contributed by atoms with Crippen LogP contribution in [0, 0.1) is 5.92 Å². The number of hydrogen-bond acceptors (Lipinski definition) is 4. The van der Waals surface area contributed by atoms with E-state index in [-0.39, 0.29) is 0 Å². The standard InChI is InChI=1S/C24H34N4O2/c1-2-25-24(27-13-6-14-30-19-20-10-15-29-16-11-20)28-18-21-7-5-8-22(17-21)23-9-3-4-12-26-23/h3-5,7-9,12,17,20H,2,6,10-11,13-16,18-19H2,1H3,(H2,25,27,28). The van der Waals surface area contributed by atoms with Gasteiger partial charge in [-0.15, -0.1) is 0 Å². The molecule has 6 nitrogen and oxygen atoms in total. The van der Waals surface area contributed by atoms with Gasteiger partial charge in [-0.2, -0.15) is 0 Å². The predicted octanol–water partition coefficient (Wildman–Crippen LogP) is 3.64. The molecule has 2 aromatic rings. The van der Waals surface area contributed by atoms with Crippen LogP contribution in [0.1, 0.15) is 31.7 Å². The Morgan fingerprint density at radius 1 is 1.17 bits per heavy atom. The van der Waals surface area contributed by atoms with Crippen LogP contribution in [0.5, 0.6) is 0 Å². The number of aromatic nitrogens is 1. The predicted molar refractivity (Wildman–Crippen MR) is 121 cm³/mol. The fourth-order valence-electron chi connectivity index (χ4n) is 3.42. The van der Waals surface area contributed by atoms with Crippen molar-refractivity contribution in [3.8, 4) is 11.3 Å². The molecule has 0 spiro atoms. The molecule has 0 bridgehead atoms. The number of hydrogen-bond donors (Lipinski definition) is 2. The summed E-state index contributed by atoms with van der Waals surface area (Å²) in [6, 6.07) is 14.4. The average molecular weight is 411 g/mol. The molecule has 1 fully saturated rings. The van der Waals surface area contributed by atoms with Gasteiger partial charge in [-0.1, -0.05) is 24.3 Å². The molecule has 0 radical (unpaired) electrons. The molecule has 3 rings (SSSR count). The summed E-state index contributed by atoms with van der Waals surface area (Å²) < 4.78 is 11.2. The SMILES string of the molecule is CCNC(=NCc1cccc(-c2ccccn2)c1)NCCCOCC1CCOCC1. The third-order valence-electron chi connectivity index (χ3n) is 5.10. The van der Waals surface area contributed by atoms with Gasteiger partial charge in [-0.25, -0.2) is 4.99 Å². The van der Waals surface area contributed by atoms with Crippen LogP contribution in [0.15, 0.2) is 53.7 Å². The van der Waals surface area contributed by atoms with Gasteiger partial charge in [0, 0.05) is 51.3 Å². The Morgan fingerprint density at radius 2 is 2.07 bits per heavy atom. The molecule has 1 saturated heterocycles. The minimum atomic E-state index is 0.621. The zero-order valence-electron chi connectivity index (χ0n) is 18.0. The minimum Gasteiger partial charge on any atom is -0.381 e. The topological polar surface area (TPSA) is 67.8 Å². The number of nitrogens with one attached hydrogen (secondary N) is 2. The van der Waals surface area contributed by atoms with Gasteiger partial charge in [0.25, 0.3) is 0 Å². The van der Waals surface area contributed by atoms with Crippen LogP contribution in [0.4, 0.5) is 0 Å². The van der Waals surface area contributed by atoms with E-state index < -0.39 is 0 Å². The number of rotatable bonds is 10. The third-order valence-corrected chi connectivity index (χ3v) is 5.10. The van der Waals surface area contributed by atoms with Crippen LogP contribution in [0.3, 0.4) is 0 Å². The first-order valence-electron chi connectivity index (χ1n) is 11.0. The first-order chi connectivity index (χ1) is 14.8. The van der Waals surface area contributed by atoms with Crippen LogP contribution in [-0.4, -0.2) is 50.5 Å². The van der Waals surface area contributed by atoms with Crippen LogP contribution in [0.2, 0.25) is 0 Å². The van der Waals surface area contributed by atoms with E-state index in [9.17, 15) is 0 Å². The molecule has 0 saturated carbocycles. The molecule has 1 aromatic carbocycles. The second kappa shape index (κ2) is 13.0. The Bertz CT molecular complexity index is 761. The van der Waals surface area contributed by atoms with Gasteiger partial charge in [0.1, 0.15) is 0 Å². The Kier molecular flexibility index (Phi) is 9.63. The van der Waals surface area contributed by atoms with E-state index in [2.05, 4.69) is 46.8 Å². The maximum Gasteiger partial charge on any atom is 0.191 e. The van der Waals surface area contributed by atoms with Crippen LogP contribution >= 0.6 is 0 Å². The summed E-state index contributed by atoms with van der Waals surface area (Å²) in [5, 5.41) is 6.72. The summed E-state index contributed by atoms with van der Waals surface area (Å²) in [6.07, 6.45) is 5.03. The van der Waals surface area contributed by atoms with E-state index in [1.165, 1.54) is 0 Å². The number of pyridine rings is 1. The lowest BCUT2D eigenvalue weighted by atomic mass is 10.0. The van der Waals surface area contributed by atoms with E-state index in [4.69, 9.17) is 14.5 Å². The molecular weight excluding hydrogens is 376 g/mol. The van der Waals surface area contributed by atoms with Crippen LogP contribution < -0.4 is 10.6 Å². The first-order valence-corrected chi connectivity index (χ1v) is 11.0. The lowest BCUT2D eigenvalue weighted by Crippen LogP contribution is -2.38. The van der Waals surface area contributed by atoms with Gasteiger partial charge < -0.3 is 20.1 Å². The lowest BCUT2D eigenvalue weighted by molar-refractivity contribution is 0.0203. The quantitative estimate of drug-likeness (QED) is 0.356. The highest BCUT2D eigenvalue weighted by atomic mass is 16.5.